The van der Waals surface area contributed by atoms with E-state index in [9.17, 15) is 10.1 Å². The number of benzene rings is 1. The molecule has 0 spiro atoms. The highest BCUT2D eigenvalue weighted by molar-refractivity contribution is 6.10. The van der Waals surface area contributed by atoms with Crippen LogP contribution in [0.3, 0.4) is 0 Å². The number of nitrogens with zero attached hydrogens (tertiary/aromatic N) is 4. The Balaban J connectivity index is 1.51. The van der Waals surface area contributed by atoms with Gasteiger partial charge in [0.25, 0.3) is 11.8 Å². The van der Waals surface area contributed by atoms with Crippen molar-refractivity contribution in [3.05, 3.63) is 65.0 Å². The molecule has 0 bridgehead atoms. The molecule has 0 unspecified atom stereocenters. The number of carbonyl (C=O) groups excluding carboxylic acids is 1. The second-order valence-corrected chi connectivity index (χ2v) is 8.22. The van der Waals surface area contributed by atoms with E-state index in [-0.39, 0.29) is 5.91 Å². The molecule has 1 aliphatic heterocycles. The van der Waals surface area contributed by atoms with Gasteiger partial charge in [-0.25, -0.2) is 4.98 Å². The molecule has 1 amide bonds. The number of aryl methyl sites for hydroxylation is 1. The summed E-state index contributed by atoms with van der Waals surface area (Å²) in [5.74, 6) is 0.855. The Morgan fingerprint density at radius 1 is 1.16 bits per heavy atom. The Hall–Kier alpha value is -3.92. The lowest BCUT2D eigenvalue weighted by Crippen LogP contribution is -2.23. The lowest BCUT2D eigenvalue weighted by atomic mass is 9.97. The third kappa shape index (κ3) is 3.07. The number of rotatable bonds is 5. The van der Waals surface area contributed by atoms with Gasteiger partial charge in [-0.05, 0) is 55.2 Å². The van der Waals surface area contributed by atoms with Gasteiger partial charge < -0.3 is 14.4 Å². The first kappa shape index (κ1) is 20.0. The maximum atomic E-state index is 13.3. The highest BCUT2D eigenvalue weighted by atomic mass is 16.5. The molecular formula is C25H22N4O3. The van der Waals surface area contributed by atoms with Crippen molar-refractivity contribution in [1.82, 2.24) is 9.97 Å². The van der Waals surface area contributed by atoms with Crippen LogP contribution in [0.25, 0.3) is 11.3 Å². The minimum atomic E-state index is -0.395. The van der Waals surface area contributed by atoms with Gasteiger partial charge in [0.1, 0.15) is 0 Å². The maximum absolute atomic E-state index is 13.3. The zero-order valence-corrected chi connectivity index (χ0v) is 18.2. The number of fused-ring (bicyclic) bond motifs is 1. The Morgan fingerprint density at radius 2 is 1.97 bits per heavy atom. The topological polar surface area (TPSA) is 88.3 Å². The van der Waals surface area contributed by atoms with Crippen LogP contribution in [0, 0.1) is 18.3 Å². The van der Waals surface area contributed by atoms with Gasteiger partial charge in [-0.15, -0.1) is 0 Å². The van der Waals surface area contributed by atoms with E-state index in [1.54, 1.807) is 25.3 Å². The van der Waals surface area contributed by atoms with Gasteiger partial charge in [-0.1, -0.05) is 12.1 Å². The molecule has 3 heterocycles. The number of carbonyl (C=O) groups is 1. The molecule has 1 aliphatic carbocycles. The smallest absolute Gasteiger partial charge is 0.260 e. The van der Waals surface area contributed by atoms with Crippen LogP contribution in [0.2, 0.25) is 0 Å². The highest BCUT2D eigenvalue weighted by Gasteiger charge is 2.45. The summed E-state index contributed by atoms with van der Waals surface area (Å²) in [4.78, 5) is 24.1. The Bertz CT molecular complexity index is 1290. The average Bonchev–Trinajstić information content (AvgIpc) is 3.56. The normalized spacial score (nSPS) is 15.8. The monoisotopic (exact) mass is 426 g/mol. The molecular weight excluding hydrogens is 404 g/mol. The fourth-order valence-electron chi connectivity index (χ4n) is 4.29. The average molecular weight is 426 g/mol. The van der Waals surface area contributed by atoms with E-state index < -0.39 is 5.41 Å². The van der Waals surface area contributed by atoms with Crippen LogP contribution in [-0.2, 0) is 12.0 Å². The number of hydrogen-bond acceptors (Lipinski definition) is 6. The third-order valence-electron chi connectivity index (χ3n) is 6.26. The van der Waals surface area contributed by atoms with Crippen LogP contribution >= 0.6 is 0 Å². The van der Waals surface area contributed by atoms with E-state index in [0.717, 1.165) is 46.6 Å². The zero-order valence-electron chi connectivity index (χ0n) is 18.2. The van der Waals surface area contributed by atoms with E-state index in [1.165, 1.54) is 0 Å². The number of ether oxygens (including phenoxy) is 2. The van der Waals surface area contributed by atoms with E-state index in [4.69, 9.17) is 14.5 Å². The summed E-state index contributed by atoms with van der Waals surface area (Å²) in [5, 5.41) is 9.54. The number of hydrogen-bond donors (Lipinski definition) is 0. The fourth-order valence-corrected chi connectivity index (χ4v) is 4.29. The van der Waals surface area contributed by atoms with Crippen molar-refractivity contribution in [3.63, 3.8) is 0 Å². The van der Waals surface area contributed by atoms with Crippen molar-refractivity contribution in [1.29, 1.82) is 5.26 Å². The molecule has 7 heteroatoms. The molecule has 2 aliphatic rings. The summed E-state index contributed by atoms with van der Waals surface area (Å²) in [6, 6.07) is 13.9. The standard InChI is InChI=1S/C25H22N4O3/c1-15-9-19(16-10-21(31-2)23(32-3)27-12-16)28-20-13-29(24(30)22(15)20)18-6-4-5-17(11-18)25(14-26)7-8-25/h4-6,9-12H,7-8,13H2,1-3H3. The number of anilines is 1. The number of pyridine rings is 2. The predicted octanol–water partition coefficient (Wildman–Crippen LogP) is 4.18. The summed E-state index contributed by atoms with van der Waals surface area (Å²) < 4.78 is 10.6. The molecule has 5 rings (SSSR count). The van der Waals surface area contributed by atoms with Crippen molar-refractivity contribution >= 4 is 11.6 Å². The van der Waals surface area contributed by atoms with Gasteiger partial charge in [0, 0.05) is 17.4 Å². The Morgan fingerprint density at radius 3 is 2.66 bits per heavy atom. The van der Waals surface area contributed by atoms with Crippen LogP contribution in [0.4, 0.5) is 5.69 Å². The largest absolute Gasteiger partial charge is 0.491 e. The van der Waals surface area contributed by atoms with Crippen molar-refractivity contribution in [2.45, 2.75) is 31.7 Å². The van der Waals surface area contributed by atoms with Gasteiger partial charge >= 0.3 is 0 Å². The Kier molecular flexibility index (Phi) is 4.59. The lowest BCUT2D eigenvalue weighted by molar-refractivity contribution is 0.0996. The second-order valence-electron chi connectivity index (χ2n) is 8.22. The van der Waals surface area contributed by atoms with Gasteiger partial charge in [0.05, 0.1) is 49.2 Å². The summed E-state index contributed by atoms with van der Waals surface area (Å²) >= 11 is 0. The summed E-state index contributed by atoms with van der Waals surface area (Å²) in [7, 11) is 3.10. The zero-order chi connectivity index (χ0) is 22.5. The van der Waals surface area contributed by atoms with Crippen molar-refractivity contribution in [3.8, 4) is 29.0 Å². The quantitative estimate of drug-likeness (QED) is 0.608. The number of amides is 1. The first-order valence-corrected chi connectivity index (χ1v) is 10.4. The molecule has 1 saturated carbocycles. The highest BCUT2D eigenvalue weighted by Crippen LogP contribution is 2.48. The molecule has 32 heavy (non-hydrogen) atoms. The SMILES string of the molecule is COc1cc(-c2cc(C)c3c(n2)CN(c2cccc(C4(C#N)CC4)c2)C3=O)cnc1OC. The molecule has 0 radical (unpaired) electrons. The van der Waals surface area contributed by atoms with Crippen LogP contribution in [0.5, 0.6) is 11.6 Å². The third-order valence-corrected chi connectivity index (χ3v) is 6.26. The first-order valence-electron chi connectivity index (χ1n) is 10.4. The lowest BCUT2D eigenvalue weighted by Gasteiger charge is -2.17. The fraction of sp³-hybridized carbons (Fsp3) is 0.280. The van der Waals surface area contributed by atoms with Gasteiger partial charge in [-0.2, -0.15) is 5.26 Å². The van der Waals surface area contributed by atoms with E-state index in [2.05, 4.69) is 11.1 Å². The first-order chi connectivity index (χ1) is 15.5. The van der Waals surface area contributed by atoms with Crippen LogP contribution in [-0.4, -0.2) is 30.1 Å². The second kappa shape index (κ2) is 7.34. The molecule has 0 N–H and O–H groups in total. The van der Waals surface area contributed by atoms with Gasteiger partial charge in [0.2, 0.25) is 0 Å². The van der Waals surface area contributed by atoms with E-state index in [0.29, 0.717) is 23.7 Å². The molecule has 1 aromatic carbocycles. The van der Waals surface area contributed by atoms with E-state index in [1.807, 2.05) is 43.3 Å². The minimum Gasteiger partial charge on any atom is -0.491 e. The predicted molar refractivity (Wildman–Crippen MR) is 119 cm³/mol. The minimum absolute atomic E-state index is 0.0686. The van der Waals surface area contributed by atoms with Crippen molar-refractivity contribution in [2.75, 3.05) is 19.1 Å². The molecule has 1 fully saturated rings. The summed E-state index contributed by atoms with van der Waals surface area (Å²) in [5.41, 5.74) is 5.10. The molecule has 160 valence electrons. The van der Waals surface area contributed by atoms with Gasteiger partial charge in [0.15, 0.2) is 5.75 Å². The summed E-state index contributed by atoms with van der Waals surface area (Å²) in [6.45, 7) is 2.30. The van der Waals surface area contributed by atoms with Crippen molar-refractivity contribution in [2.24, 2.45) is 0 Å². The van der Waals surface area contributed by atoms with Crippen LogP contribution < -0.4 is 14.4 Å². The van der Waals surface area contributed by atoms with Crippen molar-refractivity contribution < 1.29 is 14.3 Å². The summed E-state index contributed by atoms with van der Waals surface area (Å²) in [6.07, 6.45) is 3.42. The number of methoxy groups -OCH3 is 2. The molecule has 2 aromatic heterocycles. The number of nitriles is 1. The molecule has 0 atom stereocenters. The molecule has 3 aromatic rings. The van der Waals surface area contributed by atoms with Gasteiger partial charge in [-0.3, -0.25) is 9.78 Å². The van der Waals surface area contributed by atoms with Crippen LogP contribution in [0.1, 0.15) is 40.0 Å². The molecule has 0 saturated heterocycles. The van der Waals surface area contributed by atoms with Crippen LogP contribution in [0.15, 0.2) is 42.6 Å². The Labute approximate surface area is 186 Å². The number of aromatic nitrogens is 2. The van der Waals surface area contributed by atoms with E-state index >= 15 is 0 Å². The maximum Gasteiger partial charge on any atom is 0.260 e. The molecule has 7 nitrogen and oxygen atoms in total.